The van der Waals surface area contributed by atoms with Crippen LogP contribution in [0.3, 0.4) is 0 Å². The lowest BCUT2D eigenvalue weighted by molar-refractivity contribution is 0.0174. The Kier molecular flexibility index (Phi) is 9.23. The minimum atomic E-state index is 0. The molecular formula is C13H28IN5S. The van der Waals surface area contributed by atoms with Crippen molar-refractivity contribution in [3.8, 4) is 0 Å². The van der Waals surface area contributed by atoms with Crippen LogP contribution in [0.2, 0.25) is 0 Å². The number of piperazine rings is 3. The van der Waals surface area contributed by atoms with Crippen molar-refractivity contribution >= 4 is 41.7 Å². The van der Waals surface area contributed by atoms with E-state index in [-0.39, 0.29) is 24.0 Å². The van der Waals surface area contributed by atoms with Crippen molar-refractivity contribution in [3.63, 3.8) is 0 Å². The number of guanidine groups is 1. The van der Waals surface area contributed by atoms with Crippen molar-refractivity contribution in [2.45, 2.75) is 13.0 Å². The Morgan fingerprint density at radius 2 is 2.00 bits per heavy atom. The summed E-state index contributed by atoms with van der Waals surface area (Å²) >= 11 is 1.86. The van der Waals surface area contributed by atoms with E-state index in [1.54, 1.807) is 0 Å². The quantitative estimate of drug-likeness (QED) is 0.288. The largest absolute Gasteiger partial charge is 0.357 e. The highest BCUT2D eigenvalue weighted by Gasteiger charge is 2.31. The molecule has 20 heavy (non-hydrogen) atoms. The minimum Gasteiger partial charge on any atom is -0.357 e. The second-order valence-electron chi connectivity index (χ2n) is 5.13. The Morgan fingerprint density at radius 3 is 2.55 bits per heavy atom. The predicted octanol–water partition coefficient (Wildman–Crippen LogP) is 0.522. The highest BCUT2D eigenvalue weighted by atomic mass is 127. The normalized spacial score (nSPS) is 28.9. The molecule has 3 saturated heterocycles. The van der Waals surface area contributed by atoms with Gasteiger partial charge in [0.25, 0.3) is 0 Å². The lowest BCUT2D eigenvalue weighted by Crippen LogP contribution is -2.62. The monoisotopic (exact) mass is 413 g/mol. The molecule has 118 valence electrons. The van der Waals surface area contributed by atoms with E-state index in [2.05, 4.69) is 33.6 Å². The molecule has 0 aromatic rings. The highest BCUT2D eigenvalue weighted by Crippen LogP contribution is 2.15. The van der Waals surface area contributed by atoms with Gasteiger partial charge in [-0.05, 0) is 13.2 Å². The van der Waals surface area contributed by atoms with Crippen molar-refractivity contribution in [2.75, 3.05) is 64.4 Å². The van der Waals surface area contributed by atoms with Crippen molar-refractivity contribution in [1.29, 1.82) is 0 Å². The smallest absolute Gasteiger partial charge is 0.191 e. The van der Waals surface area contributed by atoms with Gasteiger partial charge in [0.15, 0.2) is 5.96 Å². The minimum absolute atomic E-state index is 0. The first-order valence-electron chi connectivity index (χ1n) is 7.31. The maximum absolute atomic E-state index is 4.74. The third-order valence-electron chi connectivity index (χ3n) is 3.80. The molecule has 5 nitrogen and oxygen atoms in total. The van der Waals surface area contributed by atoms with Crippen molar-refractivity contribution in [2.24, 2.45) is 4.99 Å². The molecule has 1 atom stereocenters. The van der Waals surface area contributed by atoms with Crippen LogP contribution in [-0.4, -0.2) is 86.2 Å². The lowest BCUT2D eigenvalue weighted by atomic mass is 10.1. The standard InChI is InChI=1S/C13H27N5S.HI/c1-3-14-13(15-4-9-19-2)16-10-12-11-17-5-7-18(12)8-6-17;/h12H,3-11H2,1-2H3,(H2,14,15,16);1H. The van der Waals surface area contributed by atoms with Gasteiger partial charge in [0.05, 0.1) is 6.54 Å². The molecule has 2 bridgehead atoms. The number of hydrogen-bond donors (Lipinski definition) is 2. The second kappa shape index (κ2) is 10.1. The fourth-order valence-corrected chi connectivity index (χ4v) is 3.01. The molecule has 0 aromatic carbocycles. The molecule has 0 amide bonds. The summed E-state index contributed by atoms with van der Waals surface area (Å²) in [6, 6.07) is 0.610. The molecule has 3 aliphatic rings. The molecule has 3 rings (SSSR count). The summed E-state index contributed by atoms with van der Waals surface area (Å²) in [5, 5.41) is 6.71. The summed E-state index contributed by atoms with van der Waals surface area (Å²) < 4.78 is 0. The van der Waals surface area contributed by atoms with Crippen molar-refractivity contribution < 1.29 is 0 Å². The summed E-state index contributed by atoms with van der Waals surface area (Å²) in [7, 11) is 0. The Labute approximate surface area is 144 Å². The molecule has 0 saturated carbocycles. The Hall–Kier alpha value is 0.270. The first kappa shape index (κ1) is 18.3. The fraction of sp³-hybridized carbons (Fsp3) is 0.923. The topological polar surface area (TPSA) is 42.9 Å². The van der Waals surface area contributed by atoms with Gasteiger partial charge in [-0.25, -0.2) is 0 Å². The second-order valence-corrected chi connectivity index (χ2v) is 6.12. The van der Waals surface area contributed by atoms with Gasteiger partial charge in [-0.3, -0.25) is 14.8 Å². The summed E-state index contributed by atoms with van der Waals surface area (Å²) in [4.78, 5) is 9.90. The molecule has 0 aromatic heterocycles. The van der Waals surface area contributed by atoms with Crippen LogP contribution in [0.15, 0.2) is 4.99 Å². The number of halogens is 1. The van der Waals surface area contributed by atoms with E-state index in [4.69, 9.17) is 4.99 Å². The molecule has 2 N–H and O–H groups in total. The van der Waals surface area contributed by atoms with Gasteiger partial charge in [0, 0.05) is 57.6 Å². The number of thioether (sulfide) groups is 1. The van der Waals surface area contributed by atoms with Gasteiger partial charge in [0.1, 0.15) is 0 Å². The number of hydrogen-bond acceptors (Lipinski definition) is 4. The molecular weight excluding hydrogens is 385 g/mol. The van der Waals surface area contributed by atoms with Crippen LogP contribution in [0.4, 0.5) is 0 Å². The number of rotatable bonds is 6. The molecule has 3 aliphatic heterocycles. The molecule has 0 aliphatic carbocycles. The van der Waals surface area contributed by atoms with Gasteiger partial charge in [-0.15, -0.1) is 24.0 Å². The first-order valence-corrected chi connectivity index (χ1v) is 8.70. The zero-order valence-corrected chi connectivity index (χ0v) is 15.7. The zero-order valence-electron chi connectivity index (χ0n) is 12.6. The number of nitrogens with one attached hydrogen (secondary N) is 2. The highest BCUT2D eigenvalue weighted by molar-refractivity contribution is 14.0. The van der Waals surface area contributed by atoms with Crippen LogP contribution >= 0.6 is 35.7 Å². The number of fused-ring (bicyclic) bond motifs is 3. The Bertz CT molecular complexity index is 294. The average molecular weight is 413 g/mol. The first-order chi connectivity index (χ1) is 9.33. The van der Waals surface area contributed by atoms with Gasteiger partial charge < -0.3 is 10.6 Å². The SMILES string of the molecule is CCNC(=NCC1CN2CCN1CC2)NCCSC.I. The number of aliphatic imine (C=N–C) groups is 1. The summed E-state index contributed by atoms with van der Waals surface area (Å²) in [5.74, 6) is 2.09. The summed E-state index contributed by atoms with van der Waals surface area (Å²) in [6.07, 6.45) is 2.13. The van der Waals surface area contributed by atoms with Crippen LogP contribution in [0.1, 0.15) is 6.92 Å². The maximum Gasteiger partial charge on any atom is 0.191 e. The van der Waals surface area contributed by atoms with Crippen LogP contribution in [0, 0.1) is 0 Å². The molecule has 1 unspecified atom stereocenters. The lowest BCUT2D eigenvalue weighted by Gasteiger charge is -2.47. The van der Waals surface area contributed by atoms with Crippen molar-refractivity contribution in [3.05, 3.63) is 0 Å². The van der Waals surface area contributed by atoms with E-state index in [1.807, 2.05) is 11.8 Å². The summed E-state index contributed by atoms with van der Waals surface area (Å²) in [5.41, 5.74) is 0. The van der Waals surface area contributed by atoms with E-state index in [0.29, 0.717) is 6.04 Å². The summed E-state index contributed by atoms with van der Waals surface area (Å²) in [6.45, 7) is 11.0. The van der Waals surface area contributed by atoms with Gasteiger partial charge >= 0.3 is 0 Å². The van der Waals surface area contributed by atoms with E-state index in [1.165, 1.54) is 32.7 Å². The molecule has 0 spiro atoms. The molecule has 0 radical (unpaired) electrons. The van der Waals surface area contributed by atoms with Crippen molar-refractivity contribution in [1.82, 2.24) is 20.4 Å². The third-order valence-corrected chi connectivity index (χ3v) is 4.41. The fourth-order valence-electron chi connectivity index (χ4n) is 2.71. The van der Waals surface area contributed by atoms with E-state index in [0.717, 1.165) is 31.3 Å². The van der Waals surface area contributed by atoms with E-state index < -0.39 is 0 Å². The molecule has 3 heterocycles. The van der Waals surface area contributed by atoms with Gasteiger partial charge in [0.2, 0.25) is 0 Å². The maximum atomic E-state index is 4.74. The van der Waals surface area contributed by atoms with Gasteiger partial charge in [-0.2, -0.15) is 11.8 Å². The predicted molar refractivity (Wildman–Crippen MR) is 99.6 cm³/mol. The third kappa shape index (κ3) is 5.57. The van der Waals surface area contributed by atoms with E-state index >= 15 is 0 Å². The van der Waals surface area contributed by atoms with Crippen LogP contribution in [-0.2, 0) is 0 Å². The van der Waals surface area contributed by atoms with Crippen LogP contribution < -0.4 is 10.6 Å². The Balaban J connectivity index is 0.00000200. The van der Waals surface area contributed by atoms with Crippen LogP contribution in [0.25, 0.3) is 0 Å². The Morgan fingerprint density at radius 1 is 1.25 bits per heavy atom. The van der Waals surface area contributed by atoms with Crippen LogP contribution in [0.5, 0.6) is 0 Å². The number of nitrogens with zero attached hydrogens (tertiary/aromatic N) is 3. The van der Waals surface area contributed by atoms with E-state index in [9.17, 15) is 0 Å². The molecule has 7 heteroatoms. The molecule has 3 fully saturated rings. The zero-order chi connectivity index (χ0) is 13.5. The average Bonchev–Trinajstić information content (AvgIpc) is 2.46. The van der Waals surface area contributed by atoms with Gasteiger partial charge in [-0.1, -0.05) is 0 Å².